The minimum Gasteiger partial charge on any atom is -0.481 e. The number of rotatable bonds is 6. The predicted octanol–water partition coefficient (Wildman–Crippen LogP) is 1.40. The monoisotopic (exact) mass is 335 g/mol. The zero-order valence-corrected chi connectivity index (χ0v) is 14.2. The number of nitrogens with zero attached hydrogens (tertiary/aromatic N) is 1. The number of nitrogens with one attached hydrogen (secondary N) is 2. The molecule has 3 N–H and O–H groups in total. The Morgan fingerprint density at radius 1 is 1.21 bits per heavy atom. The van der Waals surface area contributed by atoms with Gasteiger partial charge in [-0.3, -0.25) is 14.4 Å². The molecule has 132 valence electrons. The van der Waals surface area contributed by atoms with Crippen LogP contribution >= 0.6 is 0 Å². The second-order valence-electron chi connectivity index (χ2n) is 6.28. The van der Waals surface area contributed by atoms with E-state index in [-0.39, 0.29) is 23.9 Å². The van der Waals surface area contributed by atoms with Crippen LogP contribution in [0.5, 0.6) is 0 Å². The molecule has 1 aromatic heterocycles. The molecule has 7 nitrogen and oxygen atoms in total. The number of amides is 1. The summed E-state index contributed by atoms with van der Waals surface area (Å²) < 4.78 is 0. The van der Waals surface area contributed by atoms with Crippen molar-refractivity contribution in [1.29, 1.82) is 0 Å². The number of aryl methyl sites for hydroxylation is 1. The average molecular weight is 335 g/mol. The number of H-pyrrole nitrogens is 1. The Morgan fingerprint density at radius 3 is 2.54 bits per heavy atom. The second-order valence-corrected chi connectivity index (χ2v) is 6.28. The van der Waals surface area contributed by atoms with Gasteiger partial charge in [-0.15, -0.1) is 0 Å². The Bertz CT molecular complexity index is 668. The van der Waals surface area contributed by atoms with Crippen molar-refractivity contribution in [3.63, 3.8) is 0 Å². The molecule has 2 rings (SSSR count). The number of aromatic amines is 1. The van der Waals surface area contributed by atoms with Crippen LogP contribution in [0.4, 0.5) is 0 Å². The molecule has 2 atom stereocenters. The number of hydrogen-bond acceptors (Lipinski definition) is 4. The zero-order chi connectivity index (χ0) is 17.7. The second kappa shape index (κ2) is 8.08. The van der Waals surface area contributed by atoms with E-state index in [0.717, 1.165) is 17.7 Å². The molecule has 0 spiro atoms. The first kappa shape index (κ1) is 18.2. The van der Waals surface area contributed by atoms with Gasteiger partial charge in [0.2, 0.25) is 5.91 Å². The van der Waals surface area contributed by atoms with Gasteiger partial charge in [-0.2, -0.15) is 5.10 Å². The van der Waals surface area contributed by atoms with Crippen molar-refractivity contribution >= 4 is 11.9 Å². The van der Waals surface area contributed by atoms with Crippen LogP contribution in [0.1, 0.15) is 56.4 Å². The van der Waals surface area contributed by atoms with E-state index in [4.69, 9.17) is 5.11 Å². The van der Waals surface area contributed by atoms with Crippen LogP contribution < -0.4 is 10.9 Å². The van der Waals surface area contributed by atoms with Crippen molar-refractivity contribution in [1.82, 2.24) is 15.5 Å². The Balaban J connectivity index is 2.07. The SMILES string of the molecule is CCc1n[nH]c(=O)c(CNC(=O)C2CCCC(C(=O)O)C2)c1CC. The standard InChI is InChI=1S/C17H25N3O4/c1-3-12-13(16(22)20-19-14(12)4-2)9-18-15(21)10-6-5-7-11(8-10)17(23)24/h10-11H,3-9H2,1-2H3,(H,18,21)(H,20,22)(H,23,24). The summed E-state index contributed by atoms with van der Waals surface area (Å²) in [5.74, 6) is -1.75. The molecule has 2 unspecified atom stereocenters. The summed E-state index contributed by atoms with van der Waals surface area (Å²) in [5, 5.41) is 18.5. The molecule has 0 radical (unpaired) electrons. The van der Waals surface area contributed by atoms with Crippen molar-refractivity contribution in [3.8, 4) is 0 Å². The highest BCUT2D eigenvalue weighted by molar-refractivity contribution is 5.80. The molecular formula is C17H25N3O4. The molecule has 0 saturated heterocycles. The molecule has 0 bridgehead atoms. The van der Waals surface area contributed by atoms with E-state index in [9.17, 15) is 14.4 Å². The summed E-state index contributed by atoms with van der Waals surface area (Å²) >= 11 is 0. The molecule has 1 amide bonds. The number of carboxylic acid groups (broad SMARTS) is 1. The van der Waals surface area contributed by atoms with Gasteiger partial charge in [0.1, 0.15) is 0 Å². The van der Waals surface area contributed by atoms with E-state index in [1.54, 1.807) is 0 Å². The quantitative estimate of drug-likeness (QED) is 0.727. The summed E-state index contributed by atoms with van der Waals surface area (Å²) in [6.07, 6.45) is 3.82. The molecular weight excluding hydrogens is 310 g/mol. The predicted molar refractivity (Wildman–Crippen MR) is 88.5 cm³/mol. The summed E-state index contributed by atoms with van der Waals surface area (Å²) in [4.78, 5) is 35.5. The topological polar surface area (TPSA) is 112 Å². The number of carboxylic acids is 1. The van der Waals surface area contributed by atoms with Crippen LogP contribution in [0, 0.1) is 11.8 Å². The van der Waals surface area contributed by atoms with Crippen LogP contribution in [0.2, 0.25) is 0 Å². The van der Waals surface area contributed by atoms with Gasteiger partial charge in [0.05, 0.1) is 11.6 Å². The molecule has 0 aromatic carbocycles. The third-order valence-corrected chi connectivity index (χ3v) is 4.80. The maximum Gasteiger partial charge on any atom is 0.306 e. The summed E-state index contributed by atoms with van der Waals surface area (Å²) in [5.41, 5.74) is 1.98. The third-order valence-electron chi connectivity index (χ3n) is 4.80. The highest BCUT2D eigenvalue weighted by Crippen LogP contribution is 2.29. The Labute approximate surface area is 140 Å². The first-order valence-electron chi connectivity index (χ1n) is 8.57. The largest absolute Gasteiger partial charge is 0.481 e. The number of carbonyl (C=O) groups excluding carboxylic acids is 1. The highest BCUT2D eigenvalue weighted by Gasteiger charge is 2.31. The van der Waals surface area contributed by atoms with E-state index < -0.39 is 11.9 Å². The van der Waals surface area contributed by atoms with Crippen molar-refractivity contribution in [2.75, 3.05) is 0 Å². The summed E-state index contributed by atoms with van der Waals surface area (Å²) in [6, 6.07) is 0. The molecule has 0 aliphatic heterocycles. The van der Waals surface area contributed by atoms with Gasteiger partial charge in [-0.05, 0) is 37.7 Å². The van der Waals surface area contributed by atoms with Crippen molar-refractivity contribution < 1.29 is 14.7 Å². The maximum absolute atomic E-state index is 12.4. The Morgan fingerprint density at radius 2 is 1.92 bits per heavy atom. The molecule has 1 heterocycles. The molecule has 1 aliphatic carbocycles. The maximum atomic E-state index is 12.4. The third kappa shape index (κ3) is 4.01. The van der Waals surface area contributed by atoms with Crippen molar-refractivity contribution in [2.24, 2.45) is 11.8 Å². The van der Waals surface area contributed by atoms with Crippen molar-refractivity contribution in [2.45, 2.75) is 58.9 Å². The van der Waals surface area contributed by atoms with E-state index in [1.165, 1.54) is 0 Å². The van der Waals surface area contributed by atoms with Gasteiger partial charge < -0.3 is 10.4 Å². The Kier molecular flexibility index (Phi) is 6.11. The van der Waals surface area contributed by atoms with E-state index in [0.29, 0.717) is 37.7 Å². The van der Waals surface area contributed by atoms with Gasteiger partial charge in [0, 0.05) is 18.0 Å². The van der Waals surface area contributed by atoms with Gasteiger partial charge >= 0.3 is 5.97 Å². The first-order valence-corrected chi connectivity index (χ1v) is 8.57. The fourth-order valence-electron chi connectivity index (χ4n) is 3.43. The molecule has 1 aliphatic rings. The van der Waals surface area contributed by atoms with Gasteiger partial charge in [-0.25, -0.2) is 5.10 Å². The van der Waals surface area contributed by atoms with Gasteiger partial charge in [-0.1, -0.05) is 20.3 Å². The van der Waals surface area contributed by atoms with E-state index >= 15 is 0 Å². The zero-order valence-electron chi connectivity index (χ0n) is 14.2. The smallest absolute Gasteiger partial charge is 0.306 e. The average Bonchev–Trinajstić information content (AvgIpc) is 2.60. The van der Waals surface area contributed by atoms with Crippen LogP contribution in [-0.2, 0) is 29.0 Å². The number of hydrogen-bond donors (Lipinski definition) is 3. The molecule has 1 fully saturated rings. The van der Waals surface area contributed by atoms with Gasteiger partial charge in [0.15, 0.2) is 0 Å². The van der Waals surface area contributed by atoms with Crippen molar-refractivity contribution in [3.05, 3.63) is 27.2 Å². The van der Waals surface area contributed by atoms with Crippen LogP contribution in [0.15, 0.2) is 4.79 Å². The molecule has 7 heteroatoms. The number of carbonyl (C=O) groups is 2. The van der Waals surface area contributed by atoms with Crippen LogP contribution in [0.25, 0.3) is 0 Å². The number of aliphatic carboxylic acids is 1. The lowest BCUT2D eigenvalue weighted by atomic mass is 9.81. The van der Waals surface area contributed by atoms with E-state index in [1.807, 2.05) is 13.8 Å². The fourth-order valence-corrected chi connectivity index (χ4v) is 3.43. The Hall–Kier alpha value is -2.18. The molecule has 24 heavy (non-hydrogen) atoms. The number of aromatic nitrogens is 2. The first-order chi connectivity index (χ1) is 11.5. The molecule has 1 saturated carbocycles. The summed E-state index contributed by atoms with van der Waals surface area (Å²) in [6.45, 7) is 4.08. The lowest BCUT2D eigenvalue weighted by molar-refractivity contribution is -0.144. The minimum atomic E-state index is -0.834. The lowest BCUT2D eigenvalue weighted by Gasteiger charge is -2.25. The fraction of sp³-hybridized carbons (Fsp3) is 0.647. The van der Waals surface area contributed by atoms with Crippen LogP contribution in [-0.4, -0.2) is 27.2 Å². The minimum absolute atomic E-state index is 0.154. The van der Waals surface area contributed by atoms with E-state index in [2.05, 4.69) is 15.5 Å². The van der Waals surface area contributed by atoms with Crippen LogP contribution in [0.3, 0.4) is 0 Å². The lowest BCUT2D eigenvalue weighted by Crippen LogP contribution is -2.36. The van der Waals surface area contributed by atoms with Gasteiger partial charge in [0.25, 0.3) is 5.56 Å². The highest BCUT2D eigenvalue weighted by atomic mass is 16.4. The summed E-state index contributed by atoms with van der Waals surface area (Å²) in [7, 11) is 0. The normalized spacial score (nSPS) is 20.6. The molecule has 1 aromatic rings.